The lowest BCUT2D eigenvalue weighted by Gasteiger charge is -2.28. The van der Waals surface area contributed by atoms with Crippen LogP contribution in [0.15, 0.2) is 54.6 Å². The van der Waals surface area contributed by atoms with Crippen molar-refractivity contribution in [2.75, 3.05) is 18.0 Å². The lowest BCUT2D eigenvalue weighted by molar-refractivity contribution is 0.646. The van der Waals surface area contributed by atoms with E-state index in [0.717, 1.165) is 13.1 Å². The molecule has 0 fully saturated rings. The van der Waals surface area contributed by atoms with Gasteiger partial charge in [0.1, 0.15) is 0 Å². The summed E-state index contributed by atoms with van der Waals surface area (Å²) in [6.45, 7) is 2.00. The zero-order valence-corrected chi connectivity index (χ0v) is 11.8. The number of hydrogen-bond donors (Lipinski definition) is 1. The quantitative estimate of drug-likeness (QED) is 0.921. The van der Waals surface area contributed by atoms with Gasteiger partial charge in [0.2, 0.25) is 0 Å². The molecule has 2 aromatic rings. The number of nitrogens with zero attached hydrogens (tertiary/aromatic N) is 1. The van der Waals surface area contributed by atoms with Gasteiger partial charge in [-0.3, -0.25) is 0 Å². The Kier molecular flexibility index (Phi) is 4.03. The van der Waals surface area contributed by atoms with Crippen LogP contribution in [0.1, 0.15) is 30.0 Å². The second-order valence-corrected chi connectivity index (χ2v) is 5.55. The van der Waals surface area contributed by atoms with Gasteiger partial charge in [-0.2, -0.15) is 0 Å². The summed E-state index contributed by atoms with van der Waals surface area (Å²) in [5.74, 6) is 0. The first-order valence-electron chi connectivity index (χ1n) is 7.48. The van der Waals surface area contributed by atoms with Crippen molar-refractivity contribution >= 4 is 5.69 Å². The van der Waals surface area contributed by atoms with Crippen molar-refractivity contribution in [2.24, 2.45) is 5.73 Å². The number of rotatable bonds is 3. The average molecular weight is 266 g/mol. The number of nitrogens with two attached hydrogens (primary N) is 1. The number of benzene rings is 2. The molecule has 0 bridgehead atoms. The van der Waals surface area contributed by atoms with Gasteiger partial charge >= 0.3 is 0 Å². The van der Waals surface area contributed by atoms with Crippen LogP contribution in [0.5, 0.6) is 0 Å². The summed E-state index contributed by atoms with van der Waals surface area (Å²) in [5, 5.41) is 0. The summed E-state index contributed by atoms with van der Waals surface area (Å²) < 4.78 is 0. The Balaban J connectivity index is 1.80. The Morgan fingerprint density at radius 2 is 1.70 bits per heavy atom. The van der Waals surface area contributed by atoms with E-state index in [1.54, 1.807) is 0 Å². The SMILES string of the molecule is NC(CN1CCCCc2ccccc21)c1ccccc1. The lowest BCUT2D eigenvalue weighted by atomic mass is 10.1. The van der Waals surface area contributed by atoms with Crippen molar-refractivity contribution in [3.8, 4) is 0 Å². The maximum atomic E-state index is 6.39. The molecule has 0 amide bonds. The highest BCUT2D eigenvalue weighted by atomic mass is 15.1. The summed E-state index contributed by atoms with van der Waals surface area (Å²) in [6.07, 6.45) is 3.71. The fourth-order valence-electron chi connectivity index (χ4n) is 3.00. The summed E-state index contributed by atoms with van der Waals surface area (Å²) in [7, 11) is 0. The van der Waals surface area contributed by atoms with Gasteiger partial charge in [0.05, 0.1) is 0 Å². The molecule has 20 heavy (non-hydrogen) atoms. The molecule has 1 unspecified atom stereocenters. The predicted molar refractivity (Wildman–Crippen MR) is 85.0 cm³/mol. The minimum Gasteiger partial charge on any atom is -0.369 e. The van der Waals surface area contributed by atoms with E-state index in [9.17, 15) is 0 Å². The monoisotopic (exact) mass is 266 g/mol. The molecule has 0 aliphatic carbocycles. The molecule has 0 aromatic heterocycles. The van der Waals surface area contributed by atoms with Crippen LogP contribution in [0.2, 0.25) is 0 Å². The molecule has 3 rings (SSSR count). The topological polar surface area (TPSA) is 29.3 Å². The molecule has 1 atom stereocenters. The minimum absolute atomic E-state index is 0.0716. The smallest absolute Gasteiger partial charge is 0.0473 e. The van der Waals surface area contributed by atoms with Crippen molar-refractivity contribution in [3.63, 3.8) is 0 Å². The van der Waals surface area contributed by atoms with Crippen molar-refractivity contribution in [1.82, 2.24) is 0 Å². The number of fused-ring (bicyclic) bond motifs is 1. The molecule has 0 radical (unpaired) electrons. The lowest BCUT2D eigenvalue weighted by Crippen LogP contribution is -2.32. The molecular formula is C18H22N2. The third kappa shape index (κ3) is 2.86. The van der Waals surface area contributed by atoms with E-state index in [4.69, 9.17) is 5.73 Å². The number of hydrogen-bond acceptors (Lipinski definition) is 2. The van der Waals surface area contributed by atoms with E-state index in [-0.39, 0.29) is 6.04 Å². The van der Waals surface area contributed by atoms with Gasteiger partial charge in [-0.25, -0.2) is 0 Å². The number of aryl methyl sites for hydroxylation is 1. The largest absolute Gasteiger partial charge is 0.369 e. The second kappa shape index (κ2) is 6.10. The maximum Gasteiger partial charge on any atom is 0.0473 e. The third-order valence-corrected chi connectivity index (χ3v) is 4.10. The Morgan fingerprint density at radius 1 is 0.950 bits per heavy atom. The Morgan fingerprint density at radius 3 is 2.55 bits per heavy atom. The van der Waals surface area contributed by atoms with Gasteiger partial charge in [0, 0.05) is 24.8 Å². The summed E-state index contributed by atoms with van der Waals surface area (Å²) in [6, 6.07) is 19.2. The average Bonchev–Trinajstić information content (AvgIpc) is 2.71. The van der Waals surface area contributed by atoms with Gasteiger partial charge < -0.3 is 10.6 Å². The normalized spacial score (nSPS) is 16.4. The first-order chi connectivity index (χ1) is 9.84. The van der Waals surface area contributed by atoms with Crippen molar-refractivity contribution < 1.29 is 0 Å². The molecule has 2 N–H and O–H groups in total. The van der Waals surface area contributed by atoms with Crippen LogP contribution >= 0.6 is 0 Å². The van der Waals surface area contributed by atoms with E-state index in [0.29, 0.717) is 0 Å². The minimum atomic E-state index is 0.0716. The molecule has 2 aromatic carbocycles. The van der Waals surface area contributed by atoms with Gasteiger partial charge in [-0.15, -0.1) is 0 Å². The first-order valence-corrected chi connectivity index (χ1v) is 7.48. The van der Waals surface area contributed by atoms with Gasteiger partial charge in [0.25, 0.3) is 0 Å². The fourth-order valence-corrected chi connectivity index (χ4v) is 3.00. The molecule has 0 saturated carbocycles. The fraction of sp³-hybridized carbons (Fsp3) is 0.333. The van der Waals surface area contributed by atoms with E-state index in [1.807, 2.05) is 6.07 Å². The van der Waals surface area contributed by atoms with Gasteiger partial charge in [-0.1, -0.05) is 48.5 Å². The Hall–Kier alpha value is -1.80. The van der Waals surface area contributed by atoms with E-state index < -0.39 is 0 Å². The third-order valence-electron chi connectivity index (χ3n) is 4.10. The Labute approximate surface area is 121 Å². The molecule has 0 saturated heterocycles. The molecule has 104 valence electrons. The van der Waals surface area contributed by atoms with E-state index in [1.165, 1.54) is 36.1 Å². The molecular weight excluding hydrogens is 244 g/mol. The van der Waals surface area contributed by atoms with Crippen LogP contribution in [0.25, 0.3) is 0 Å². The van der Waals surface area contributed by atoms with Crippen molar-refractivity contribution in [2.45, 2.75) is 25.3 Å². The molecule has 1 aliphatic heterocycles. The highest BCUT2D eigenvalue weighted by Gasteiger charge is 2.17. The molecule has 1 heterocycles. The molecule has 2 nitrogen and oxygen atoms in total. The first kappa shape index (κ1) is 13.2. The second-order valence-electron chi connectivity index (χ2n) is 5.55. The molecule has 1 aliphatic rings. The van der Waals surface area contributed by atoms with Crippen LogP contribution in [0, 0.1) is 0 Å². The van der Waals surface area contributed by atoms with Crippen LogP contribution in [0.3, 0.4) is 0 Å². The van der Waals surface area contributed by atoms with Crippen LogP contribution in [-0.2, 0) is 6.42 Å². The summed E-state index contributed by atoms with van der Waals surface area (Å²) in [4.78, 5) is 2.46. The molecule has 2 heteroatoms. The zero-order valence-electron chi connectivity index (χ0n) is 11.8. The van der Waals surface area contributed by atoms with E-state index >= 15 is 0 Å². The van der Waals surface area contributed by atoms with Crippen LogP contribution in [0.4, 0.5) is 5.69 Å². The van der Waals surface area contributed by atoms with Gasteiger partial charge in [0.15, 0.2) is 0 Å². The zero-order chi connectivity index (χ0) is 13.8. The maximum absolute atomic E-state index is 6.39. The van der Waals surface area contributed by atoms with Crippen LogP contribution < -0.4 is 10.6 Å². The molecule has 0 spiro atoms. The predicted octanol–water partition coefficient (Wildman–Crippen LogP) is 3.53. The van der Waals surface area contributed by atoms with E-state index in [2.05, 4.69) is 53.4 Å². The van der Waals surface area contributed by atoms with Crippen molar-refractivity contribution in [1.29, 1.82) is 0 Å². The highest BCUT2D eigenvalue weighted by Crippen LogP contribution is 2.27. The van der Waals surface area contributed by atoms with Gasteiger partial charge in [-0.05, 0) is 36.5 Å². The number of anilines is 1. The summed E-state index contributed by atoms with van der Waals surface area (Å²) in [5.41, 5.74) is 10.4. The summed E-state index contributed by atoms with van der Waals surface area (Å²) >= 11 is 0. The highest BCUT2D eigenvalue weighted by molar-refractivity contribution is 5.54. The number of para-hydroxylation sites is 1. The van der Waals surface area contributed by atoms with Crippen LogP contribution in [-0.4, -0.2) is 13.1 Å². The Bertz CT molecular complexity index is 550. The van der Waals surface area contributed by atoms with Crippen molar-refractivity contribution in [3.05, 3.63) is 65.7 Å². The standard InChI is InChI=1S/C18H22N2/c19-17(15-8-2-1-3-9-15)14-20-13-7-6-11-16-10-4-5-12-18(16)20/h1-5,8-10,12,17H,6-7,11,13-14,19H2.